The third-order valence-corrected chi connectivity index (χ3v) is 6.59. The maximum Gasteiger partial charge on any atom is 0.573 e. The molecule has 2 N–H and O–H groups in total. The summed E-state index contributed by atoms with van der Waals surface area (Å²) < 4.78 is 42.5. The Bertz CT molecular complexity index is 1630. The summed E-state index contributed by atoms with van der Waals surface area (Å²) in [7, 11) is 0. The smallest absolute Gasteiger partial charge is 0.406 e. The van der Waals surface area contributed by atoms with Crippen molar-refractivity contribution in [3.63, 3.8) is 0 Å². The first kappa shape index (κ1) is 29.3. The lowest BCUT2D eigenvalue weighted by molar-refractivity contribution is -0.274. The number of aromatic nitrogens is 3. The maximum atomic E-state index is 12.6. The number of urea groups is 1. The van der Waals surface area contributed by atoms with Crippen LogP contribution in [0.15, 0.2) is 84.1 Å². The number of ether oxygens (including phenoxy) is 1. The molecule has 0 radical (unpaired) electrons. The first-order valence-electron chi connectivity index (χ1n) is 13.5. The fourth-order valence-corrected chi connectivity index (χ4v) is 4.54. The minimum absolute atomic E-state index is 0.0567. The van der Waals surface area contributed by atoms with Crippen molar-refractivity contribution in [1.82, 2.24) is 25.4 Å². The molecule has 222 valence electrons. The number of rotatable bonds is 8. The Labute approximate surface area is 245 Å². The average molecular weight is 592 g/mol. The summed E-state index contributed by atoms with van der Waals surface area (Å²) in [5.41, 5.74) is 3.90. The number of nitrogens with zero attached hydrogens (tertiary/aromatic N) is 5. The number of para-hydroxylation sites is 1. The van der Waals surface area contributed by atoms with Gasteiger partial charge >= 0.3 is 12.4 Å². The van der Waals surface area contributed by atoms with E-state index >= 15 is 0 Å². The van der Waals surface area contributed by atoms with E-state index in [1.54, 1.807) is 0 Å². The Morgan fingerprint density at radius 1 is 1.07 bits per heavy atom. The first-order chi connectivity index (χ1) is 20.6. The molecule has 0 spiro atoms. The monoisotopic (exact) mass is 591 g/mol. The lowest BCUT2D eigenvalue weighted by atomic mass is 10.0. The number of aliphatic imine (C=N–C) groups is 1. The Kier molecular flexibility index (Phi) is 8.41. The van der Waals surface area contributed by atoms with Gasteiger partial charge in [0.2, 0.25) is 5.96 Å². The van der Waals surface area contributed by atoms with Gasteiger partial charge in [-0.05, 0) is 53.8 Å². The van der Waals surface area contributed by atoms with Gasteiger partial charge in [0, 0.05) is 12.1 Å². The van der Waals surface area contributed by atoms with Gasteiger partial charge in [0.25, 0.3) is 5.91 Å². The molecule has 0 aliphatic carbocycles. The molecule has 10 nitrogen and oxygen atoms in total. The second-order valence-electron chi connectivity index (χ2n) is 9.96. The van der Waals surface area contributed by atoms with Gasteiger partial charge in [0.15, 0.2) is 5.82 Å². The number of hydrogen-bond acceptors (Lipinski definition) is 5. The summed E-state index contributed by atoms with van der Waals surface area (Å²) in [4.78, 5) is 35.0. The molecule has 43 heavy (non-hydrogen) atoms. The van der Waals surface area contributed by atoms with Crippen LogP contribution >= 0.6 is 0 Å². The van der Waals surface area contributed by atoms with Crippen molar-refractivity contribution in [3.05, 3.63) is 90.3 Å². The largest absolute Gasteiger partial charge is 0.573 e. The van der Waals surface area contributed by atoms with Crippen LogP contribution in [0.4, 0.5) is 23.7 Å². The molecule has 2 heterocycles. The molecule has 1 aliphatic heterocycles. The molecule has 4 aromatic rings. The summed E-state index contributed by atoms with van der Waals surface area (Å²) in [5, 5.41) is 10.1. The summed E-state index contributed by atoms with van der Waals surface area (Å²) in [6, 6.07) is 19.8. The normalized spacial score (nSPS) is 14.3. The van der Waals surface area contributed by atoms with E-state index in [1.807, 2.05) is 62.4 Å². The van der Waals surface area contributed by atoms with Crippen molar-refractivity contribution in [3.8, 4) is 22.8 Å². The summed E-state index contributed by atoms with van der Waals surface area (Å²) in [6.07, 6.45) is -2.75. The molecule has 1 aliphatic rings. The third-order valence-electron chi connectivity index (χ3n) is 6.59. The predicted octanol–water partition coefficient (Wildman–Crippen LogP) is 5.20. The molecule has 1 saturated heterocycles. The maximum absolute atomic E-state index is 12.6. The zero-order chi connectivity index (χ0) is 30.6. The van der Waals surface area contributed by atoms with E-state index in [9.17, 15) is 22.8 Å². The summed E-state index contributed by atoms with van der Waals surface area (Å²) >= 11 is 0. The average Bonchev–Trinajstić information content (AvgIpc) is 3.60. The zero-order valence-electron chi connectivity index (χ0n) is 23.3. The second kappa shape index (κ2) is 12.3. The minimum Gasteiger partial charge on any atom is -0.406 e. The number of anilines is 1. The van der Waals surface area contributed by atoms with Gasteiger partial charge in [0.05, 0.1) is 17.9 Å². The SMILES string of the molecule is CC(C)c1ccccc1N1C(=O)CN/C1=N\C(=O)NCCc1ccc(-c2ncn(-c3ccc(OC(F)(F)F)cc3)n2)cc1. The topological polar surface area (TPSA) is 114 Å². The van der Waals surface area contributed by atoms with Crippen molar-refractivity contribution in [1.29, 1.82) is 0 Å². The van der Waals surface area contributed by atoms with Gasteiger partial charge in [-0.15, -0.1) is 18.3 Å². The highest BCUT2D eigenvalue weighted by Crippen LogP contribution is 2.29. The lowest BCUT2D eigenvalue weighted by Gasteiger charge is -2.21. The number of hydrogen-bond donors (Lipinski definition) is 2. The quantitative estimate of drug-likeness (QED) is 0.291. The van der Waals surface area contributed by atoms with Crippen LogP contribution < -0.4 is 20.3 Å². The fourth-order valence-electron chi connectivity index (χ4n) is 4.54. The van der Waals surface area contributed by atoms with E-state index in [-0.39, 0.29) is 30.1 Å². The molecular weight excluding hydrogens is 563 g/mol. The summed E-state index contributed by atoms with van der Waals surface area (Å²) in [5.74, 6) is 0.300. The number of halogens is 3. The molecule has 3 aromatic carbocycles. The van der Waals surface area contributed by atoms with E-state index in [0.29, 0.717) is 30.2 Å². The summed E-state index contributed by atoms with van der Waals surface area (Å²) in [6.45, 7) is 4.46. The van der Waals surface area contributed by atoms with Crippen molar-refractivity contribution >= 4 is 23.6 Å². The van der Waals surface area contributed by atoms with Crippen LogP contribution in [0.25, 0.3) is 17.1 Å². The van der Waals surface area contributed by atoms with Crippen molar-refractivity contribution < 1.29 is 27.5 Å². The van der Waals surface area contributed by atoms with E-state index in [0.717, 1.165) is 16.7 Å². The molecule has 5 rings (SSSR count). The molecule has 0 saturated carbocycles. The second-order valence-corrected chi connectivity index (χ2v) is 9.96. The molecule has 0 atom stereocenters. The highest BCUT2D eigenvalue weighted by atomic mass is 19.4. The molecule has 1 aromatic heterocycles. The van der Waals surface area contributed by atoms with Gasteiger partial charge in [-0.3, -0.25) is 4.79 Å². The molecular formula is C30H28F3N7O3. The van der Waals surface area contributed by atoms with Crippen molar-refractivity contribution in [2.45, 2.75) is 32.5 Å². The van der Waals surface area contributed by atoms with Crippen LogP contribution in [0.5, 0.6) is 5.75 Å². The van der Waals surface area contributed by atoms with E-state index < -0.39 is 12.4 Å². The number of carbonyl (C=O) groups is 2. The Morgan fingerprint density at radius 2 is 1.79 bits per heavy atom. The zero-order valence-corrected chi connectivity index (χ0v) is 23.3. The fraction of sp³-hybridized carbons (Fsp3) is 0.233. The van der Waals surface area contributed by atoms with Crippen LogP contribution in [-0.4, -0.2) is 52.1 Å². The van der Waals surface area contributed by atoms with E-state index in [4.69, 9.17) is 0 Å². The highest BCUT2D eigenvalue weighted by Gasteiger charge is 2.32. The number of carbonyl (C=O) groups excluding carboxylic acids is 2. The molecule has 1 fully saturated rings. The number of nitrogens with one attached hydrogen (secondary N) is 2. The Hall–Kier alpha value is -5.20. The Balaban J connectivity index is 1.16. The number of benzene rings is 3. The van der Waals surface area contributed by atoms with E-state index in [1.165, 1.54) is 40.2 Å². The molecule has 0 bridgehead atoms. The van der Waals surface area contributed by atoms with Crippen LogP contribution in [0, 0.1) is 0 Å². The first-order valence-corrected chi connectivity index (χ1v) is 13.5. The number of amides is 3. The molecule has 0 unspecified atom stereocenters. The molecule has 13 heteroatoms. The van der Waals surface area contributed by atoms with Crippen LogP contribution in [-0.2, 0) is 11.2 Å². The van der Waals surface area contributed by atoms with Crippen LogP contribution in [0.2, 0.25) is 0 Å². The predicted molar refractivity (Wildman–Crippen MR) is 154 cm³/mol. The standard InChI is InChI=1S/C30H28F3N7O3/c1-19(2)24-5-3-4-6-25(24)40-26(41)17-35-28(40)37-29(42)34-16-15-20-7-9-21(10-8-20)27-36-18-39(38-27)22-11-13-23(14-12-22)43-30(31,32)33/h3-14,18-19H,15-17H2,1-2H3,(H2,34,35,37,42). The molecule has 3 amide bonds. The van der Waals surface area contributed by atoms with Gasteiger partial charge in [-0.25, -0.2) is 19.4 Å². The van der Waals surface area contributed by atoms with Gasteiger partial charge < -0.3 is 15.4 Å². The lowest BCUT2D eigenvalue weighted by Crippen LogP contribution is -2.35. The van der Waals surface area contributed by atoms with Crippen molar-refractivity contribution in [2.24, 2.45) is 4.99 Å². The van der Waals surface area contributed by atoms with Gasteiger partial charge in [-0.1, -0.05) is 56.3 Å². The van der Waals surface area contributed by atoms with Crippen LogP contribution in [0.3, 0.4) is 0 Å². The Morgan fingerprint density at radius 3 is 2.49 bits per heavy atom. The highest BCUT2D eigenvalue weighted by molar-refractivity contribution is 6.23. The van der Waals surface area contributed by atoms with Gasteiger partial charge in [-0.2, -0.15) is 4.99 Å². The number of alkyl halides is 3. The minimum atomic E-state index is -4.76. The number of guanidine groups is 1. The van der Waals surface area contributed by atoms with Crippen molar-refractivity contribution in [2.75, 3.05) is 18.0 Å². The van der Waals surface area contributed by atoms with Crippen LogP contribution in [0.1, 0.15) is 30.9 Å². The van der Waals surface area contributed by atoms with E-state index in [2.05, 4.69) is 30.4 Å². The van der Waals surface area contributed by atoms with Gasteiger partial charge in [0.1, 0.15) is 12.1 Å². The third kappa shape index (κ3) is 7.18.